The molecule has 2 fully saturated rings. The van der Waals surface area contributed by atoms with Crippen LogP contribution in [0.1, 0.15) is 12.8 Å². The molecule has 2 aliphatic rings. The van der Waals surface area contributed by atoms with Gasteiger partial charge in [-0.25, -0.2) is 23.1 Å². The molecule has 24 heavy (non-hydrogen) atoms. The molecule has 0 unspecified atom stereocenters. The topological polar surface area (TPSA) is 73.5 Å². The SMILES string of the molecule is Nc1ncnc2c(F)c(N3CCC4(CC3)OCCO4)c(F)c(F)c12. The van der Waals surface area contributed by atoms with Crippen LogP contribution in [-0.4, -0.2) is 42.1 Å². The molecule has 2 N–H and O–H groups in total. The molecular formula is C15H15F3N4O2. The molecule has 2 saturated heterocycles. The Kier molecular flexibility index (Phi) is 3.50. The van der Waals surface area contributed by atoms with E-state index in [-0.39, 0.29) is 24.4 Å². The third kappa shape index (κ3) is 2.19. The summed E-state index contributed by atoms with van der Waals surface area (Å²) in [4.78, 5) is 8.75. The lowest BCUT2D eigenvalue weighted by molar-refractivity contribution is -0.169. The first kappa shape index (κ1) is 15.4. The van der Waals surface area contributed by atoms with Crippen molar-refractivity contribution in [3.63, 3.8) is 0 Å². The number of hydrogen-bond acceptors (Lipinski definition) is 6. The number of nitrogen functional groups attached to an aromatic ring is 1. The summed E-state index contributed by atoms with van der Waals surface area (Å²) in [5, 5.41) is -0.438. The predicted octanol–water partition coefficient (Wildman–Crippen LogP) is 1.97. The molecule has 128 valence electrons. The Hall–Kier alpha value is -2.13. The van der Waals surface area contributed by atoms with E-state index < -0.39 is 34.3 Å². The Morgan fingerprint density at radius 2 is 1.67 bits per heavy atom. The highest BCUT2D eigenvalue weighted by Crippen LogP contribution is 2.38. The van der Waals surface area contributed by atoms with E-state index in [0.29, 0.717) is 26.1 Å². The van der Waals surface area contributed by atoms with Gasteiger partial charge in [-0.05, 0) is 0 Å². The highest BCUT2D eigenvalue weighted by molar-refractivity contribution is 5.91. The molecule has 0 saturated carbocycles. The van der Waals surface area contributed by atoms with Gasteiger partial charge >= 0.3 is 0 Å². The summed E-state index contributed by atoms with van der Waals surface area (Å²) >= 11 is 0. The summed E-state index contributed by atoms with van der Waals surface area (Å²) in [5.41, 5.74) is 4.76. The van der Waals surface area contributed by atoms with Gasteiger partial charge in [0.2, 0.25) is 0 Å². The Morgan fingerprint density at radius 3 is 2.33 bits per heavy atom. The van der Waals surface area contributed by atoms with Gasteiger partial charge < -0.3 is 20.1 Å². The van der Waals surface area contributed by atoms with Crippen molar-refractivity contribution in [2.45, 2.75) is 18.6 Å². The van der Waals surface area contributed by atoms with Crippen molar-refractivity contribution in [1.29, 1.82) is 0 Å². The first-order valence-electron chi connectivity index (χ1n) is 7.62. The summed E-state index contributed by atoms with van der Waals surface area (Å²) in [6, 6.07) is 0. The Balaban J connectivity index is 1.75. The maximum atomic E-state index is 14.8. The molecule has 2 aliphatic heterocycles. The summed E-state index contributed by atoms with van der Waals surface area (Å²) < 4.78 is 54.8. The van der Waals surface area contributed by atoms with E-state index in [1.165, 1.54) is 4.90 Å². The number of benzene rings is 1. The first-order valence-corrected chi connectivity index (χ1v) is 7.62. The van der Waals surface area contributed by atoms with Crippen LogP contribution in [0.5, 0.6) is 0 Å². The van der Waals surface area contributed by atoms with Crippen molar-refractivity contribution >= 4 is 22.4 Å². The fourth-order valence-corrected chi connectivity index (χ4v) is 3.34. The van der Waals surface area contributed by atoms with Crippen LogP contribution in [0.15, 0.2) is 6.33 Å². The standard InChI is InChI=1S/C15H15F3N4O2/c16-9-8-12(20-7-21-14(8)19)11(18)13(10(9)17)22-3-1-15(2-4-22)23-5-6-24-15/h7H,1-6H2,(H2,19,20,21). The molecule has 9 heteroatoms. The van der Waals surface area contributed by atoms with Crippen LogP contribution in [-0.2, 0) is 9.47 Å². The van der Waals surface area contributed by atoms with Gasteiger partial charge in [-0.15, -0.1) is 0 Å². The lowest BCUT2D eigenvalue weighted by Gasteiger charge is -2.38. The normalized spacial score (nSPS) is 20.2. The van der Waals surface area contributed by atoms with Crippen LogP contribution >= 0.6 is 0 Å². The van der Waals surface area contributed by atoms with E-state index in [2.05, 4.69) is 9.97 Å². The number of nitrogens with zero attached hydrogens (tertiary/aromatic N) is 3. The molecule has 4 rings (SSSR count). The first-order chi connectivity index (χ1) is 11.5. The maximum Gasteiger partial charge on any atom is 0.186 e. The molecule has 0 aliphatic carbocycles. The minimum atomic E-state index is -1.29. The largest absolute Gasteiger partial charge is 0.383 e. The molecule has 2 aromatic rings. The monoisotopic (exact) mass is 340 g/mol. The number of piperidine rings is 1. The van der Waals surface area contributed by atoms with Crippen LogP contribution in [0.2, 0.25) is 0 Å². The summed E-state index contributed by atoms with van der Waals surface area (Å²) in [5.74, 6) is -4.46. The lowest BCUT2D eigenvalue weighted by atomic mass is 10.0. The molecule has 1 spiro atoms. The number of nitrogens with two attached hydrogens (primary N) is 1. The van der Waals surface area contributed by atoms with Gasteiger partial charge in [0.15, 0.2) is 23.2 Å². The Morgan fingerprint density at radius 1 is 1.00 bits per heavy atom. The maximum absolute atomic E-state index is 14.8. The van der Waals surface area contributed by atoms with Crippen molar-refractivity contribution in [1.82, 2.24) is 9.97 Å². The Bertz CT molecular complexity index is 801. The van der Waals surface area contributed by atoms with Gasteiger partial charge in [-0.1, -0.05) is 0 Å². The lowest BCUT2D eigenvalue weighted by Crippen LogP contribution is -2.45. The molecule has 1 aromatic heterocycles. The fraction of sp³-hybridized carbons (Fsp3) is 0.467. The molecule has 3 heterocycles. The quantitative estimate of drug-likeness (QED) is 0.800. The molecular weight excluding hydrogens is 325 g/mol. The molecule has 1 aromatic carbocycles. The molecule has 0 amide bonds. The zero-order valence-electron chi connectivity index (χ0n) is 12.7. The van der Waals surface area contributed by atoms with E-state index in [1.807, 2.05) is 0 Å². The second-order valence-electron chi connectivity index (χ2n) is 5.87. The van der Waals surface area contributed by atoms with Gasteiger partial charge in [-0.3, -0.25) is 0 Å². The van der Waals surface area contributed by atoms with E-state index in [9.17, 15) is 13.2 Å². The average Bonchev–Trinajstić information content (AvgIpc) is 3.03. The fourth-order valence-electron chi connectivity index (χ4n) is 3.34. The van der Waals surface area contributed by atoms with Gasteiger partial charge in [0.25, 0.3) is 0 Å². The number of ether oxygens (including phenoxy) is 2. The van der Waals surface area contributed by atoms with Gasteiger partial charge in [0.05, 0.1) is 18.6 Å². The summed E-state index contributed by atoms with van der Waals surface area (Å²) in [7, 11) is 0. The van der Waals surface area contributed by atoms with Gasteiger partial charge in [0.1, 0.15) is 23.3 Å². The minimum absolute atomic E-state index is 0.277. The van der Waals surface area contributed by atoms with E-state index in [0.717, 1.165) is 6.33 Å². The van der Waals surface area contributed by atoms with E-state index in [4.69, 9.17) is 15.2 Å². The Labute approximate surface area is 135 Å². The van der Waals surface area contributed by atoms with E-state index in [1.54, 1.807) is 0 Å². The summed E-state index contributed by atoms with van der Waals surface area (Å²) in [6.07, 6.45) is 1.90. The number of rotatable bonds is 1. The number of aromatic nitrogens is 2. The second kappa shape index (κ2) is 5.45. The van der Waals surface area contributed by atoms with Crippen LogP contribution in [0, 0.1) is 17.5 Å². The number of fused-ring (bicyclic) bond motifs is 1. The van der Waals surface area contributed by atoms with Crippen molar-refractivity contribution in [2.24, 2.45) is 0 Å². The molecule has 0 bridgehead atoms. The summed E-state index contributed by atoms with van der Waals surface area (Å²) in [6.45, 7) is 1.56. The zero-order valence-corrected chi connectivity index (χ0v) is 12.7. The van der Waals surface area contributed by atoms with E-state index >= 15 is 0 Å². The number of anilines is 2. The minimum Gasteiger partial charge on any atom is -0.383 e. The van der Waals surface area contributed by atoms with Crippen LogP contribution in [0.4, 0.5) is 24.7 Å². The highest BCUT2D eigenvalue weighted by Gasteiger charge is 2.41. The van der Waals surface area contributed by atoms with Crippen LogP contribution < -0.4 is 10.6 Å². The molecule has 6 nitrogen and oxygen atoms in total. The van der Waals surface area contributed by atoms with Crippen molar-refractivity contribution in [3.05, 3.63) is 23.8 Å². The van der Waals surface area contributed by atoms with Crippen molar-refractivity contribution < 1.29 is 22.6 Å². The average molecular weight is 340 g/mol. The predicted molar refractivity (Wildman–Crippen MR) is 79.9 cm³/mol. The van der Waals surface area contributed by atoms with Gasteiger partial charge in [0, 0.05) is 25.9 Å². The molecule has 0 radical (unpaired) electrons. The third-order valence-corrected chi connectivity index (χ3v) is 4.57. The smallest absolute Gasteiger partial charge is 0.186 e. The second-order valence-corrected chi connectivity index (χ2v) is 5.87. The number of hydrogen-bond donors (Lipinski definition) is 1. The van der Waals surface area contributed by atoms with Crippen LogP contribution in [0.3, 0.4) is 0 Å². The number of halogens is 3. The van der Waals surface area contributed by atoms with Crippen molar-refractivity contribution in [3.8, 4) is 0 Å². The van der Waals surface area contributed by atoms with Gasteiger partial charge in [-0.2, -0.15) is 0 Å². The highest BCUT2D eigenvalue weighted by atomic mass is 19.2. The molecule has 0 atom stereocenters. The zero-order chi connectivity index (χ0) is 16.9. The third-order valence-electron chi connectivity index (χ3n) is 4.57. The van der Waals surface area contributed by atoms with Crippen LogP contribution in [0.25, 0.3) is 10.9 Å². The van der Waals surface area contributed by atoms with Crippen molar-refractivity contribution in [2.75, 3.05) is 36.9 Å².